The largest absolute Gasteiger partial charge is 0.365 e. The van der Waals surface area contributed by atoms with Crippen molar-refractivity contribution in [3.8, 4) is 0 Å². The first-order valence-corrected chi connectivity index (χ1v) is 5.43. The molecule has 0 amide bonds. The molecule has 0 heterocycles. The topological polar surface area (TPSA) is 38.7 Å². The zero-order valence-corrected chi connectivity index (χ0v) is 9.54. The first-order chi connectivity index (χ1) is 8.27. The number of carbonyl (C=O) groups excluding carboxylic acids is 1. The molecule has 1 aromatic rings. The fourth-order valence-corrected chi connectivity index (χ4v) is 1.51. The number of oxime groups is 1. The van der Waals surface area contributed by atoms with Crippen LogP contribution in [0.15, 0.2) is 59.8 Å². The Hall–Kier alpha value is -2.16. The SMILES string of the molecule is C/C(=N\OC(=O)c1ccccc1)C1C=CC=C1. The Labute approximate surface area is 100 Å². The summed E-state index contributed by atoms with van der Waals surface area (Å²) in [4.78, 5) is 16.5. The highest BCUT2D eigenvalue weighted by molar-refractivity contribution is 5.91. The summed E-state index contributed by atoms with van der Waals surface area (Å²) >= 11 is 0. The standard InChI is InChI=1S/C14H13NO2/c1-11(12-7-5-6-8-12)15-17-14(16)13-9-3-2-4-10-13/h2-10,12H,1H3/b15-11+. The van der Waals surface area contributed by atoms with Crippen LogP contribution < -0.4 is 0 Å². The third-order valence-corrected chi connectivity index (χ3v) is 2.51. The van der Waals surface area contributed by atoms with Crippen LogP contribution in [-0.2, 0) is 4.84 Å². The second-order valence-electron chi connectivity index (χ2n) is 3.77. The highest BCUT2D eigenvalue weighted by Gasteiger charge is 2.10. The molecule has 0 aliphatic heterocycles. The van der Waals surface area contributed by atoms with Gasteiger partial charge in [-0.05, 0) is 19.1 Å². The number of hydrogen-bond acceptors (Lipinski definition) is 3. The molecule has 1 aliphatic carbocycles. The summed E-state index contributed by atoms with van der Waals surface area (Å²) in [5.41, 5.74) is 1.26. The van der Waals surface area contributed by atoms with Gasteiger partial charge in [-0.3, -0.25) is 0 Å². The normalized spacial score (nSPS) is 15.2. The summed E-state index contributed by atoms with van der Waals surface area (Å²) in [6.07, 6.45) is 7.88. The van der Waals surface area contributed by atoms with Crippen LogP contribution in [0.3, 0.4) is 0 Å². The van der Waals surface area contributed by atoms with Crippen molar-refractivity contribution in [3.63, 3.8) is 0 Å². The second kappa shape index (κ2) is 5.25. The summed E-state index contributed by atoms with van der Waals surface area (Å²) in [6, 6.07) is 8.82. The minimum atomic E-state index is -0.434. The lowest BCUT2D eigenvalue weighted by molar-refractivity contribution is 0.0514. The number of benzene rings is 1. The van der Waals surface area contributed by atoms with Crippen LogP contribution in [-0.4, -0.2) is 11.7 Å². The molecule has 0 bridgehead atoms. The molecule has 0 N–H and O–H groups in total. The molecule has 3 nitrogen and oxygen atoms in total. The van der Waals surface area contributed by atoms with Gasteiger partial charge in [0, 0.05) is 5.92 Å². The third-order valence-electron chi connectivity index (χ3n) is 2.51. The zero-order valence-electron chi connectivity index (χ0n) is 9.54. The third kappa shape index (κ3) is 2.91. The van der Waals surface area contributed by atoms with Crippen molar-refractivity contribution < 1.29 is 9.63 Å². The van der Waals surface area contributed by atoms with Gasteiger partial charge in [0.15, 0.2) is 0 Å². The Morgan fingerprint density at radius 2 is 1.82 bits per heavy atom. The van der Waals surface area contributed by atoms with Gasteiger partial charge in [0.1, 0.15) is 0 Å². The van der Waals surface area contributed by atoms with Crippen molar-refractivity contribution in [2.24, 2.45) is 11.1 Å². The van der Waals surface area contributed by atoms with Gasteiger partial charge >= 0.3 is 5.97 Å². The predicted octanol–water partition coefficient (Wildman–Crippen LogP) is 2.96. The lowest BCUT2D eigenvalue weighted by Crippen LogP contribution is -2.07. The molecule has 86 valence electrons. The molecule has 0 atom stereocenters. The van der Waals surface area contributed by atoms with E-state index in [0.29, 0.717) is 5.56 Å². The molecule has 0 saturated heterocycles. The van der Waals surface area contributed by atoms with Gasteiger partial charge in [-0.2, -0.15) is 0 Å². The summed E-state index contributed by atoms with van der Waals surface area (Å²) in [6.45, 7) is 1.84. The van der Waals surface area contributed by atoms with E-state index in [1.807, 2.05) is 37.3 Å². The van der Waals surface area contributed by atoms with Crippen molar-refractivity contribution in [1.82, 2.24) is 0 Å². The van der Waals surface area contributed by atoms with E-state index in [9.17, 15) is 4.79 Å². The van der Waals surface area contributed by atoms with Crippen LogP contribution in [0.1, 0.15) is 17.3 Å². The minimum Gasteiger partial charge on any atom is -0.313 e. The van der Waals surface area contributed by atoms with Gasteiger partial charge in [0.05, 0.1) is 11.3 Å². The van der Waals surface area contributed by atoms with Gasteiger partial charge in [-0.15, -0.1) is 0 Å². The Morgan fingerprint density at radius 3 is 2.47 bits per heavy atom. The molecule has 0 saturated carbocycles. The molecular formula is C14H13NO2. The number of carbonyl (C=O) groups is 1. The first kappa shape index (κ1) is 11.3. The molecule has 2 rings (SSSR count). The van der Waals surface area contributed by atoms with Gasteiger partial charge in [0.25, 0.3) is 0 Å². The van der Waals surface area contributed by atoms with Gasteiger partial charge in [-0.1, -0.05) is 47.7 Å². The van der Waals surface area contributed by atoms with Crippen molar-refractivity contribution >= 4 is 11.7 Å². The molecule has 0 radical (unpaired) electrons. The number of allylic oxidation sites excluding steroid dienone is 4. The summed E-state index contributed by atoms with van der Waals surface area (Å²) < 4.78 is 0. The van der Waals surface area contributed by atoms with E-state index in [2.05, 4.69) is 5.16 Å². The Bertz CT molecular complexity index is 474. The van der Waals surface area contributed by atoms with E-state index in [1.165, 1.54) is 0 Å². The number of nitrogens with zero attached hydrogens (tertiary/aromatic N) is 1. The summed E-state index contributed by atoms with van der Waals surface area (Å²) in [5, 5.41) is 3.85. The van der Waals surface area contributed by atoms with Gasteiger partial charge < -0.3 is 4.84 Å². The quantitative estimate of drug-likeness (QED) is 0.452. The summed E-state index contributed by atoms with van der Waals surface area (Å²) in [7, 11) is 0. The highest BCUT2D eigenvalue weighted by atomic mass is 16.7. The average molecular weight is 227 g/mol. The average Bonchev–Trinajstić information content (AvgIpc) is 2.90. The van der Waals surface area contributed by atoms with E-state index >= 15 is 0 Å². The van der Waals surface area contributed by atoms with Crippen LogP contribution in [0.2, 0.25) is 0 Å². The fourth-order valence-electron chi connectivity index (χ4n) is 1.51. The van der Waals surface area contributed by atoms with Crippen molar-refractivity contribution in [2.75, 3.05) is 0 Å². The lowest BCUT2D eigenvalue weighted by Gasteiger charge is -2.03. The zero-order chi connectivity index (χ0) is 12.1. The van der Waals surface area contributed by atoms with E-state index in [0.717, 1.165) is 5.71 Å². The molecule has 1 aliphatic rings. The van der Waals surface area contributed by atoms with E-state index in [1.54, 1.807) is 24.3 Å². The minimum absolute atomic E-state index is 0.138. The lowest BCUT2D eigenvalue weighted by atomic mass is 10.1. The predicted molar refractivity (Wildman–Crippen MR) is 66.7 cm³/mol. The molecule has 3 heteroatoms. The van der Waals surface area contributed by atoms with Crippen molar-refractivity contribution in [1.29, 1.82) is 0 Å². The Kier molecular flexibility index (Phi) is 3.50. The highest BCUT2D eigenvalue weighted by Crippen LogP contribution is 2.11. The van der Waals surface area contributed by atoms with E-state index in [4.69, 9.17) is 4.84 Å². The van der Waals surface area contributed by atoms with Crippen molar-refractivity contribution in [2.45, 2.75) is 6.92 Å². The molecule has 0 aromatic heterocycles. The maximum Gasteiger partial charge on any atom is 0.365 e. The second-order valence-corrected chi connectivity index (χ2v) is 3.77. The van der Waals surface area contributed by atoms with Gasteiger partial charge in [0.2, 0.25) is 0 Å². The Balaban J connectivity index is 1.98. The first-order valence-electron chi connectivity index (χ1n) is 5.43. The van der Waals surface area contributed by atoms with E-state index < -0.39 is 5.97 Å². The van der Waals surface area contributed by atoms with Crippen LogP contribution in [0.4, 0.5) is 0 Å². The maximum absolute atomic E-state index is 11.6. The van der Waals surface area contributed by atoms with Gasteiger partial charge in [-0.25, -0.2) is 4.79 Å². The molecule has 0 fully saturated rings. The maximum atomic E-state index is 11.6. The number of hydrogen-bond donors (Lipinski definition) is 0. The van der Waals surface area contributed by atoms with Crippen LogP contribution >= 0.6 is 0 Å². The molecule has 1 aromatic carbocycles. The monoisotopic (exact) mass is 227 g/mol. The Morgan fingerprint density at radius 1 is 1.18 bits per heavy atom. The molecule has 17 heavy (non-hydrogen) atoms. The summed E-state index contributed by atoms with van der Waals surface area (Å²) in [5.74, 6) is -0.297. The van der Waals surface area contributed by atoms with Crippen molar-refractivity contribution in [3.05, 3.63) is 60.2 Å². The number of rotatable bonds is 3. The van der Waals surface area contributed by atoms with Crippen LogP contribution in [0.25, 0.3) is 0 Å². The van der Waals surface area contributed by atoms with Crippen LogP contribution in [0, 0.1) is 5.92 Å². The van der Waals surface area contributed by atoms with E-state index in [-0.39, 0.29) is 5.92 Å². The van der Waals surface area contributed by atoms with Crippen LogP contribution in [0.5, 0.6) is 0 Å². The smallest absolute Gasteiger partial charge is 0.313 e. The molecule has 0 spiro atoms. The molecule has 0 unspecified atom stereocenters. The fraction of sp³-hybridized carbons (Fsp3) is 0.143. The molecular weight excluding hydrogens is 214 g/mol.